The highest BCUT2D eigenvalue weighted by Gasteiger charge is 2.20. The number of aromatic nitrogens is 4. The smallest absolute Gasteiger partial charge is 0.404 e. The molecule has 0 bridgehead atoms. The lowest BCUT2D eigenvalue weighted by atomic mass is 10.0. The zero-order valence-corrected chi connectivity index (χ0v) is 30.8. The van der Waals surface area contributed by atoms with Crippen LogP contribution in [0.15, 0.2) is 146 Å². The molecule has 0 radical (unpaired) electrons. The number of phosphoric ester groups is 2. The molecule has 4 heterocycles. The summed E-state index contributed by atoms with van der Waals surface area (Å²) >= 11 is 0. The molecule has 12 nitrogen and oxygen atoms in total. The Labute approximate surface area is 318 Å². The monoisotopic (exact) mass is 778 g/mol. The van der Waals surface area contributed by atoms with Gasteiger partial charge in [-0.05, 0) is 66.7 Å². The summed E-state index contributed by atoms with van der Waals surface area (Å²) in [6.45, 7) is 0. The predicted molar refractivity (Wildman–Crippen MR) is 215 cm³/mol. The van der Waals surface area contributed by atoms with Crippen LogP contribution in [0.5, 0.6) is 11.5 Å². The van der Waals surface area contributed by atoms with Crippen molar-refractivity contribution >= 4 is 59.3 Å². The maximum Gasteiger partial charge on any atom is 0.524 e. The minimum atomic E-state index is -4.94. The van der Waals surface area contributed by atoms with Crippen LogP contribution in [0.25, 0.3) is 88.6 Å². The summed E-state index contributed by atoms with van der Waals surface area (Å²) in [4.78, 5) is 57.9. The second-order valence-electron chi connectivity index (χ2n) is 13.0. The number of hydrogen-bond donors (Lipinski definition) is 4. The molecule has 0 unspecified atom stereocenters. The van der Waals surface area contributed by atoms with Crippen LogP contribution in [0.4, 0.5) is 0 Å². The fraction of sp³-hybridized carbons (Fsp3) is 0. The lowest BCUT2D eigenvalue weighted by molar-refractivity contribution is 0.281. The molecule has 0 amide bonds. The van der Waals surface area contributed by atoms with Crippen LogP contribution in [-0.2, 0) is 9.13 Å². The van der Waals surface area contributed by atoms with Crippen molar-refractivity contribution in [3.8, 4) is 56.5 Å². The molecule has 9 aromatic rings. The first-order valence-electron chi connectivity index (χ1n) is 17.2. The van der Waals surface area contributed by atoms with Crippen molar-refractivity contribution in [1.29, 1.82) is 0 Å². The molecule has 0 aliphatic carbocycles. The van der Waals surface area contributed by atoms with E-state index in [9.17, 15) is 18.9 Å². The topological polar surface area (TPSA) is 185 Å². The van der Waals surface area contributed by atoms with Gasteiger partial charge in [-0.2, -0.15) is 0 Å². The van der Waals surface area contributed by atoms with Gasteiger partial charge in [0.1, 0.15) is 11.5 Å². The summed E-state index contributed by atoms with van der Waals surface area (Å²) in [5.74, 6) is -0.0494. The van der Waals surface area contributed by atoms with Gasteiger partial charge in [-0.15, -0.1) is 0 Å². The highest BCUT2D eigenvalue weighted by Crippen LogP contribution is 2.42. The number of hydrogen-bond acceptors (Lipinski definition) is 8. The number of benzene rings is 5. The minimum Gasteiger partial charge on any atom is -0.404 e. The van der Waals surface area contributed by atoms with E-state index in [0.717, 1.165) is 32.8 Å². The van der Waals surface area contributed by atoms with E-state index in [4.69, 9.17) is 34.2 Å². The van der Waals surface area contributed by atoms with Crippen molar-refractivity contribution in [2.24, 2.45) is 0 Å². The summed E-state index contributed by atoms with van der Waals surface area (Å²) in [5.41, 5.74) is 7.72. The van der Waals surface area contributed by atoms with E-state index in [-0.39, 0.29) is 11.5 Å². The number of pyridine rings is 4. The van der Waals surface area contributed by atoms with E-state index in [2.05, 4.69) is 4.52 Å². The number of nitrogens with zero attached hydrogens (tertiary/aromatic N) is 4. The molecular weight excluding hydrogens is 750 g/mol. The molecule has 0 aliphatic rings. The molecule has 0 atom stereocenters. The Hall–Kier alpha value is -6.36. The SMILES string of the molecule is O=P(O)(O)Oc1ccc(-c2ccc3ccc4ccc(-c5cc(OP(=O)(O)O)cc(-c6ccc7ccc8ccc(-c9ccccc9)nc8c7n6)c5)nc4c3n2)cc1. The van der Waals surface area contributed by atoms with Gasteiger partial charge in [0.15, 0.2) is 0 Å². The zero-order valence-electron chi connectivity index (χ0n) is 29.0. The third kappa shape index (κ3) is 7.24. The van der Waals surface area contributed by atoms with Crippen molar-refractivity contribution in [1.82, 2.24) is 19.9 Å². The molecule has 274 valence electrons. The summed E-state index contributed by atoms with van der Waals surface area (Å²) in [6.07, 6.45) is 0. The van der Waals surface area contributed by atoms with E-state index in [1.165, 1.54) is 24.3 Å². The minimum absolute atomic E-state index is 0.0186. The molecule has 0 saturated heterocycles. The lowest BCUT2D eigenvalue weighted by Gasteiger charge is -2.13. The third-order valence-electron chi connectivity index (χ3n) is 9.21. The fourth-order valence-electron chi connectivity index (χ4n) is 6.70. The van der Waals surface area contributed by atoms with Gasteiger partial charge >= 0.3 is 15.6 Å². The highest BCUT2D eigenvalue weighted by atomic mass is 31.2. The van der Waals surface area contributed by atoms with E-state index in [1.54, 1.807) is 12.1 Å². The van der Waals surface area contributed by atoms with Gasteiger partial charge in [0.2, 0.25) is 0 Å². The Morgan fingerprint density at radius 2 is 0.696 bits per heavy atom. The Morgan fingerprint density at radius 3 is 1.09 bits per heavy atom. The molecule has 56 heavy (non-hydrogen) atoms. The average molecular weight is 779 g/mol. The predicted octanol–water partition coefficient (Wildman–Crippen LogP) is 9.49. The van der Waals surface area contributed by atoms with Crippen molar-refractivity contribution in [2.75, 3.05) is 0 Å². The van der Waals surface area contributed by atoms with Crippen molar-refractivity contribution in [2.45, 2.75) is 0 Å². The summed E-state index contributed by atoms with van der Waals surface area (Å²) in [7, 11) is -9.65. The third-order valence-corrected chi connectivity index (χ3v) is 10.1. The molecule has 0 saturated carbocycles. The molecule has 0 fully saturated rings. The van der Waals surface area contributed by atoms with Crippen LogP contribution in [0.3, 0.4) is 0 Å². The Morgan fingerprint density at radius 1 is 0.357 bits per heavy atom. The van der Waals surface area contributed by atoms with Crippen molar-refractivity contribution < 1.29 is 37.8 Å². The van der Waals surface area contributed by atoms with Crippen LogP contribution in [-0.4, -0.2) is 39.5 Å². The summed E-state index contributed by atoms with van der Waals surface area (Å²) in [6, 6.07) is 44.1. The van der Waals surface area contributed by atoms with Crippen molar-refractivity contribution in [3.63, 3.8) is 0 Å². The Kier molecular flexibility index (Phi) is 8.67. The number of fused-ring (bicyclic) bond motifs is 6. The molecule has 0 aliphatic heterocycles. The maximum atomic E-state index is 12.1. The average Bonchev–Trinajstić information content (AvgIpc) is 3.19. The normalized spacial score (nSPS) is 12.1. The van der Waals surface area contributed by atoms with Gasteiger partial charge in [-0.1, -0.05) is 78.9 Å². The van der Waals surface area contributed by atoms with Crippen LogP contribution >= 0.6 is 15.6 Å². The lowest BCUT2D eigenvalue weighted by Crippen LogP contribution is -1.95. The maximum absolute atomic E-state index is 12.1. The molecule has 0 spiro atoms. The first-order valence-corrected chi connectivity index (χ1v) is 20.2. The van der Waals surface area contributed by atoms with E-state index >= 15 is 0 Å². The molecule has 4 aromatic heterocycles. The number of rotatable bonds is 8. The van der Waals surface area contributed by atoms with E-state index < -0.39 is 15.6 Å². The molecule has 4 N–H and O–H groups in total. The zero-order chi connectivity index (χ0) is 38.6. The first kappa shape index (κ1) is 35.3. The van der Waals surface area contributed by atoms with E-state index in [0.29, 0.717) is 55.8 Å². The van der Waals surface area contributed by atoms with Crippen LogP contribution < -0.4 is 9.05 Å². The highest BCUT2D eigenvalue weighted by molar-refractivity contribution is 7.47. The molecule has 14 heteroatoms. The van der Waals surface area contributed by atoms with Gasteiger partial charge in [0, 0.05) is 43.8 Å². The standard InChI is InChI=1S/C42H28N4O8P2/c47-55(48,49)53-33-16-10-26(11-17-33)36-19-13-28-7-9-30-15-21-38(46-42(30)40(28)44-36)32-22-31(23-34(24-32)54-56(50,51)52)37-20-14-29-8-6-27-12-18-35(25-4-2-1-3-5-25)43-39(27)41(29)45-37/h1-24H,(H2,47,48,49)(H2,50,51,52). The van der Waals surface area contributed by atoms with Gasteiger partial charge in [0.25, 0.3) is 0 Å². The Balaban J connectivity index is 1.16. The quantitative estimate of drug-likeness (QED) is 0.0847. The van der Waals surface area contributed by atoms with Gasteiger partial charge in [-0.25, -0.2) is 29.1 Å². The first-order chi connectivity index (χ1) is 26.9. The van der Waals surface area contributed by atoms with Gasteiger partial charge in [-0.3, -0.25) is 19.6 Å². The number of phosphoric acid groups is 2. The molecule has 9 rings (SSSR count). The summed E-state index contributed by atoms with van der Waals surface area (Å²) in [5, 5.41) is 3.42. The Bertz CT molecular complexity index is 3100. The fourth-order valence-corrected chi connectivity index (χ4v) is 7.47. The molecular formula is C42H28N4O8P2. The molecule has 5 aromatic carbocycles. The van der Waals surface area contributed by atoms with Crippen LogP contribution in [0.1, 0.15) is 0 Å². The van der Waals surface area contributed by atoms with Crippen molar-refractivity contribution in [3.05, 3.63) is 146 Å². The second-order valence-corrected chi connectivity index (χ2v) is 15.3. The van der Waals surface area contributed by atoms with E-state index in [1.807, 2.05) is 109 Å². The summed E-state index contributed by atoms with van der Waals surface area (Å²) < 4.78 is 33.2. The largest absolute Gasteiger partial charge is 0.524 e. The van der Waals surface area contributed by atoms with Gasteiger partial charge in [0.05, 0.1) is 44.8 Å². The second kappa shape index (κ2) is 13.7. The van der Waals surface area contributed by atoms with Crippen LogP contribution in [0, 0.1) is 0 Å². The van der Waals surface area contributed by atoms with Crippen LogP contribution in [0.2, 0.25) is 0 Å². The van der Waals surface area contributed by atoms with Gasteiger partial charge < -0.3 is 9.05 Å².